The molecular formula is C26H22F4N8O2. The summed E-state index contributed by atoms with van der Waals surface area (Å²) in [5.41, 5.74) is 1.53. The zero-order chi connectivity index (χ0) is 28.2. The van der Waals surface area contributed by atoms with E-state index in [1.165, 1.54) is 26.7 Å². The first kappa shape index (κ1) is 25.6. The summed E-state index contributed by atoms with van der Waals surface area (Å²) in [6.45, 7) is -0.118. The van der Waals surface area contributed by atoms with Crippen LogP contribution in [-0.4, -0.2) is 46.1 Å². The fraction of sp³-hybridized carbons (Fsp3) is 0.308. The maximum absolute atomic E-state index is 15.0. The lowest BCUT2D eigenvalue weighted by Gasteiger charge is -2.13. The molecule has 6 rings (SSSR count). The third-order valence-corrected chi connectivity index (χ3v) is 6.56. The number of fused-ring (bicyclic) bond motifs is 1. The lowest BCUT2D eigenvalue weighted by Crippen LogP contribution is -2.06. The maximum atomic E-state index is 15.0. The number of aromatic nitrogens is 8. The van der Waals surface area contributed by atoms with Gasteiger partial charge in [-0.15, -0.1) is 0 Å². The quantitative estimate of drug-likeness (QED) is 0.263. The van der Waals surface area contributed by atoms with Crippen molar-refractivity contribution in [2.24, 2.45) is 14.1 Å². The molecule has 40 heavy (non-hydrogen) atoms. The minimum Gasteiger partial charge on any atom is -0.480 e. The Morgan fingerprint density at radius 3 is 2.50 bits per heavy atom. The van der Waals surface area contributed by atoms with Crippen LogP contribution in [0.1, 0.15) is 35.7 Å². The van der Waals surface area contributed by atoms with Crippen LogP contribution in [0.25, 0.3) is 33.9 Å². The number of nitrogens with zero attached hydrogens (tertiary/aromatic N) is 8. The highest BCUT2D eigenvalue weighted by Gasteiger charge is 2.35. The zero-order valence-electron chi connectivity index (χ0n) is 21.6. The van der Waals surface area contributed by atoms with E-state index >= 15 is 0 Å². The molecule has 10 nitrogen and oxygen atoms in total. The van der Waals surface area contributed by atoms with Crippen LogP contribution in [0.3, 0.4) is 0 Å². The third kappa shape index (κ3) is 4.58. The largest absolute Gasteiger partial charge is 0.480 e. The molecular weight excluding hydrogens is 532 g/mol. The summed E-state index contributed by atoms with van der Waals surface area (Å²) < 4.78 is 68.6. The highest BCUT2D eigenvalue weighted by Crippen LogP contribution is 2.45. The van der Waals surface area contributed by atoms with Crippen molar-refractivity contribution >= 4 is 11.0 Å². The van der Waals surface area contributed by atoms with Gasteiger partial charge in [-0.1, -0.05) is 0 Å². The Balaban J connectivity index is 1.33. The van der Waals surface area contributed by atoms with Gasteiger partial charge in [0.15, 0.2) is 23.2 Å². The number of hydrogen-bond donors (Lipinski definition) is 0. The van der Waals surface area contributed by atoms with E-state index < -0.39 is 17.7 Å². The van der Waals surface area contributed by atoms with Gasteiger partial charge in [0, 0.05) is 44.2 Å². The Hall–Kier alpha value is -4.62. The van der Waals surface area contributed by atoms with Gasteiger partial charge >= 0.3 is 6.18 Å². The Kier molecular flexibility index (Phi) is 6.11. The van der Waals surface area contributed by atoms with Crippen molar-refractivity contribution in [3.05, 3.63) is 59.8 Å². The molecule has 0 aliphatic heterocycles. The van der Waals surface area contributed by atoms with Gasteiger partial charge < -0.3 is 18.6 Å². The second kappa shape index (κ2) is 9.54. The van der Waals surface area contributed by atoms with Gasteiger partial charge in [-0.3, -0.25) is 0 Å². The van der Waals surface area contributed by atoms with Crippen molar-refractivity contribution in [2.75, 3.05) is 7.11 Å². The number of aryl methyl sites for hydroxylation is 2. The van der Waals surface area contributed by atoms with Gasteiger partial charge in [0.1, 0.15) is 29.7 Å². The predicted octanol–water partition coefficient (Wildman–Crippen LogP) is 4.84. The molecule has 0 bridgehead atoms. The minimum absolute atomic E-state index is 0.118. The van der Waals surface area contributed by atoms with Crippen LogP contribution in [0, 0.1) is 5.82 Å². The molecule has 0 saturated heterocycles. The van der Waals surface area contributed by atoms with Crippen molar-refractivity contribution in [2.45, 2.75) is 31.5 Å². The smallest absolute Gasteiger partial charge is 0.434 e. The molecule has 5 aromatic rings. The van der Waals surface area contributed by atoms with E-state index in [0.717, 1.165) is 35.4 Å². The average molecular weight is 555 g/mol. The number of hydrogen-bond acceptors (Lipinski definition) is 8. The SMILES string of the molecule is COc1ncnc(C2CC2)c1-c1nc(OCc2cnc(-c3nc(C(F)(F)F)cn3C)c(F)c2)c2c(ccn2C)n1. The van der Waals surface area contributed by atoms with Gasteiger partial charge in [-0.25, -0.2) is 29.3 Å². The molecule has 0 radical (unpaired) electrons. The standard InChI is InChI=1S/C26H22F4N8O2/c1-37-7-6-16-21(37)25(36-22(34-16)18-19(14-4-5-14)32-12-33-24(18)39-3)40-11-13-8-15(27)20(31-9-13)23-35-17(10-38(23)2)26(28,29)30/h6-10,12,14H,4-5,11H2,1-3H3. The molecule has 0 aromatic carbocycles. The fourth-order valence-electron chi connectivity index (χ4n) is 4.48. The number of pyridine rings is 1. The van der Waals surface area contributed by atoms with Crippen molar-refractivity contribution in [3.63, 3.8) is 0 Å². The molecule has 0 N–H and O–H groups in total. The second-order valence-corrected chi connectivity index (χ2v) is 9.45. The molecule has 206 valence electrons. The summed E-state index contributed by atoms with van der Waals surface area (Å²) in [6.07, 6.45) is 2.71. The summed E-state index contributed by atoms with van der Waals surface area (Å²) in [4.78, 5) is 25.6. The molecule has 5 heterocycles. The molecule has 0 amide bonds. The fourth-order valence-corrected chi connectivity index (χ4v) is 4.48. The summed E-state index contributed by atoms with van der Waals surface area (Å²) in [7, 11) is 4.67. The van der Waals surface area contributed by atoms with Crippen molar-refractivity contribution in [1.29, 1.82) is 0 Å². The van der Waals surface area contributed by atoms with E-state index in [-0.39, 0.29) is 29.9 Å². The number of halogens is 4. The van der Waals surface area contributed by atoms with Crippen molar-refractivity contribution < 1.29 is 27.0 Å². The monoisotopic (exact) mass is 554 g/mol. The number of methoxy groups -OCH3 is 1. The third-order valence-electron chi connectivity index (χ3n) is 6.56. The Bertz CT molecular complexity index is 1740. The molecule has 5 aromatic heterocycles. The lowest BCUT2D eigenvalue weighted by atomic mass is 10.1. The van der Waals surface area contributed by atoms with Crippen molar-refractivity contribution in [1.82, 2.24) is 39.0 Å². The Morgan fingerprint density at radius 2 is 1.82 bits per heavy atom. The first-order valence-electron chi connectivity index (χ1n) is 12.2. The van der Waals surface area contributed by atoms with Gasteiger partial charge in [-0.05, 0) is 25.0 Å². The molecule has 1 fully saturated rings. The molecule has 1 saturated carbocycles. The molecule has 0 spiro atoms. The van der Waals surface area contributed by atoms with E-state index in [2.05, 4.69) is 24.9 Å². The maximum Gasteiger partial charge on any atom is 0.434 e. The first-order valence-corrected chi connectivity index (χ1v) is 12.2. The number of ether oxygens (including phenoxy) is 2. The number of rotatable bonds is 7. The first-order chi connectivity index (χ1) is 19.1. The molecule has 1 aliphatic carbocycles. The highest BCUT2D eigenvalue weighted by atomic mass is 19.4. The number of alkyl halides is 3. The van der Waals surface area contributed by atoms with E-state index in [0.29, 0.717) is 33.9 Å². The summed E-state index contributed by atoms with van der Waals surface area (Å²) in [5, 5.41) is 0. The van der Waals surface area contributed by atoms with E-state index in [1.807, 2.05) is 19.3 Å². The zero-order valence-corrected chi connectivity index (χ0v) is 21.6. The van der Waals surface area contributed by atoms with E-state index in [9.17, 15) is 17.6 Å². The molecule has 0 unspecified atom stereocenters. The van der Waals surface area contributed by atoms with Crippen molar-refractivity contribution in [3.8, 4) is 34.7 Å². The van der Waals surface area contributed by atoms with Gasteiger partial charge in [-0.2, -0.15) is 18.2 Å². The molecule has 1 aliphatic rings. The highest BCUT2D eigenvalue weighted by molar-refractivity contribution is 5.83. The van der Waals surface area contributed by atoms with Gasteiger partial charge in [0.2, 0.25) is 11.8 Å². The summed E-state index contributed by atoms with van der Waals surface area (Å²) in [6, 6.07) is 2.96. The van der Waals surface area contributed by atoms with Crippen LogP contribution < -0.4 is 9.47 Å². The lowest BCUT2D eigenvalue weighted by molar-refractivity contribution is -0.140. The predicted molar refractivity (Wildman–Crippen MR) is 134 cm³/mol. The van der Waals surface area contributed by atoms with Gasteiger partial charge in [0.05, 0.1) is 18.3 Å². The average Bonchev–Trinajstić information content (AvgIpc) is 3.60. The second-order valence-electron chi connectivity index (χ2n) is 9.45. The van der Waals surface area contributed by atoms with Crippen LogP contribution in [0.4, 0.5) is 17.6 Å². The topological polar surface area (TPSA) is 106 Å². The Morgan fingerprint density at radius 1 is 1.02 bits per heavy atom. The normalized spacial score (nSPS) is 13.7. The van der Waals surface area contributed by atoms with Crippen LogP contribution in [0.15, 0.2) is 37.1 Å². The van der Waals surface area contributed by atoms with Crippen LogP contribution in [0.5, 0.6) is 11.8 Å². The Labute approximate surface area is 224 Å². The van der Waals surface area contributed by atoms with Crippen LogP contribution in [0.2, 0.25) is 0 Å². The minimum atomic E-state index is -4.66. The molecule has 14 heteroatoms. The number of imidazole rings is 1. The van der Waals surface area contributed by atoms with E-state index in [4.69, 9.17) is 14.5 Å². The summed E-state index contributed by atoms with van der Waals surface area (Å²) in [5.74, 6) is 0.115. The summed E-state index contributed by atoms with van der Waals surface area (Å²) >= 11 is 0. The van der Waals surface area contributed by atoms with Crippen LogP contribution in [-0.2, 0) is 26.9 Å². The van der Waals surface area contributed by atoms with Gasteiger partial charge in [0.25, 0.3) is 0 Å². The van der Waals surface area contributed by atoms with E-state index in [1.54, 1.807) is 4.57 Å². The van der Waals surface area contributed by atoms with Crippen LogP contribution >= 0.6 is 0 Å². The molecule has 0 atom stereocenters.